The average Bonchev–Trinajstić information content (AvgIpc) is 3.20. The lowest BCUT2D eigenvalue weighted by Gasteiger charge is -2.15. The van der Waals surface area contributed by atoms with Crippen molar-refractivity contribution < 1.29 is 4.79 Å². The fourth-order valence-electron chi connectivity index (χ4n) is 1.98. The Balaban J connectivity index is 1.85. The second-order valence-electron chi connectivity index (χ2n) is 5.10. The summed E-state index contributed by atoms with van der Waals surface area (Å²) in [5.41, 5.74) is 6.40. The summed E-state index contributed by atoms with van der Waals surface area (Å²) in [5, 5.41) is 2.97. The molecule has 1 aliphatic rings. The van der Waals surface area contributed by atoms with E-state index in [4.69, 9.17) is 5.73 Å². The van der Waals surface area contributed by atoms with Crippen molar-refractivity contribution in [3.05, 3.63) is 21.4 Å². The molecule has 1 saturated carbocycles. The summed E-state index contributed by atoms with van der Waals surface area (Å²) in [6, 6.07) is 2.62. The van der Waals surface area contributed by atoms with Crippen molar-refractivity contribution in [3.8, 4) is 11.8 Å². The summed E-state index contributed by atoms with van der Waals surface area (Å²) in [4.78, 5) is 16.0. The van der Waals surface area contributed by atoms with Gasteiger partial charge in [-0.15, -0.1) is 11.3 Å². The maximum atomic E-state index is 12.1. The number of amides is 1. The highest BCUT2D eigenvalue weighted by Crippen LogP contribution is 2.24. The Morgan fingerprint density at radius 2 is 2.35 bits per heavy atom. The van der Waals surface area contributed by atoms with Crippen molar-refractivity contribution >= 4 is 17.2 Å². The highest BCUT2D eigenvalue weighted by atomic mass is 32.1. The van der Waals surface area contributed by atoms with Gasteiger partial charge in [0.15, 0.2) is 0 Å². The van der Waals surface area contributed by atoms with Gasteiger partial charge >= 0.3 is 0 Å². The number of nitrogens with two attached hydrogens (primary N) is 1. The summed E-state index contributed by atoms with van der Waals surface area (Å²) in [7, 11) is 2.11. The van der Waals surface area contributed by atoms with Crippen LogP contribution in [0.25, 0.3) is 0 Å². The van der Waals surface area contributed by atoms with E-state index in [0.29, 0.717) is 13.1 Å². The van der Waals surface area contributed by atoms with Crippen molar-refractivity contribution in [1.82, 2.24) is 10.2 Å². The number of hydrogen-bond acceptors (Lipinski definition) is 4. The minimum absolute atomic E-state index is 0.0110. The van der Waals surface area contributed by atoms with Crippen LogP contribution in [0, 0.1) is 18.8 Å². The van der Waals surface area contributed by atoms with E-state index in [0.717, 1.165) is 27.9 Å². The van der Waals surface area contributed by atoms with Crippen LogP contribution in [-0.4, -0.2) is 43.5 Å². The monoisotopic (exact) mass is 291 g/mol. The molecular formula is C15H21N3OS. The van der Waals surface area contributed by atoms with Crippen LogP contribution in [0.1, 0.15) is 33.0 Å². The molecule has 108 valence electrons. The molecule has 0 aliphatic heterocycles. The number of nitrogens with one attached hydrogen (secondary N) is 1. The number of hydrogen-bond donors (Lipinski definition) is 2. The van der Waals surface area contributed by atoms with E-state index in [9.17, 15) is 4.79 Å². The zero-order valence-electron chi connectivity index (χ0n) is 12.0. The Labute approximate surface area is 124 Å². The fraction of sp³-hybridized carbons (Fsp3) is 0.533. The van der Waals surface area contributed by atoms with E-state index in [2.05, 4.69) is 29.1 Å². The molecule has 3 N–H and O–H groups in total. The Morgan fingerprint density at radius 1 is 1.60 bits per heavy atom. The van der Waals surface area contributed by atoms with E-state index in [-0.39, 0.29) is 5.91 Å². The van der Waals surface area contributed by atoms with Crippen LogP contribution in [-0.2, 0) is 0 Å². The van der Waals surface area contributed by atoms with Gasteiger partial charge in [-0.25, -0.2) is 0 Å². The zero-order chi connectivity index (χ0) is 14.5. The minimum atomic E-state index is -0.0110. The van der Waals surface area contributed by atoms with E-state index in [1.54, 1.807) is 0 Å². The highest BCUT2D eigenvalue weighted by molar-refractivity contribution is 7.14. The number of carbonyl (C=O) groups excluding carboxylic acids is 1. The lowest BCUT2D eigenvalue weighted by atomic mass is 10.2. The molecule has 0 spiro atoms. The number of likely N-dealkylation sites (N-methyl/N-ethyl adjacent to an activating group) is 1. The van der Waals surface area contributed by atoms with E-state index >= 15 is 0 Å². The molecule has 0 saturated heterocycles. The van der Waals surface area contributed by atoms with Gasteiger partial charge in [-0.3, -0.25) is 4.79 Å². The molecule has 1 aromatic rings. The lowest BCUT2D eigenvalue weighted by Crippen LogP contribution is -2.33. The fourth-order valence-corrected chi connectivity index (χ4v) is 2.94. The van der Waals surface area contributed by atoms with Crippen LogP contribution in [0.15, 0.2) is 6.07 Å². The Hall–Kier alpha value is -1.35. The maximum absolute atomic E-state index is 12.1. The molecule has 0 aromatic carbocycles. The Kier molecular flexibility index (Phi) is 5.18. The lowest BCUT2D eigenvalue weighted by molar-refractivity contribution is 0.0953. The van der Waals surface area contributed by atoms with Crippen molar-refractivity contribution in [1.29, 1.82) is 0 Å². The van der Waals surface area contributed by atoms with Crippen LogP contribution in [0.4, 0.5) is 0 Å². The highest BCUT2D eigenvalue weighted by Gasteiger charge is 2.25. The number of nitrogens with zero attached hydrogens (tertiary/aromatic N) is 1. The molecule has 1 fully saturated rings. The van der Waals surface area contributed by atoms with Gasteiger partial charge in [0.25, 0.3) is 5.91 Å². The minimum Gasteiger partial charge on any atom is -0.350 e. The van der Waals surface area contributed by atoms with Gasteiger partial charge in [-0.1, -0.05) is 11.8 Å². The predicted molar refractivity (Wildman–Crippen MR) is 83.0 cm³/mol. The third-order valence-electron chi connectivity index (χ3n) is 3.37. The van der Waals surface area contributed by atoms with Crippen LogP contribution in [0.2, 0.25) is 0 Å². The van der Waals surface area contributed by atoms with Crippen molar-refractivity contribution in [3.63, 3.8) is 0 Å². The topological polar surface area (TPSA) is 58.4 Å². The SMILES string of the molecule is Cc1cc(C(=O)NCCN(C)C2CC2)sc1C#CCN. The van der Waals surface area contributed by atoms with Gasteiger partial charge in [0.05, 0.1) is 16.3 Å². The van der Waals surface area contributed by atoms with Gasteiger partial charge in [0.1, 0.15) is 0 Å². The summed E-state index contributed by atoms with van der Waals surface area (Å²) in [6.45, 7) is 3.90. The van der Waals surface area contributed by atoms with Crippen LogP contribution < -0.4 is 11.1 Å². The second-order valence-corrected chi connectivity index (χ2v) is 6.15. The summed E-state index contributed by atoms with van der Waals surface area (Å²) < 4.78 is 0. The van der Waals surface area contributed by atoms with E-state index < -0.39 is 0 Å². The first-order valence-electron chi connectivity index (χ1n) is 6.89. The molecule has 1 amide bonds. The van der Waals surface area contributed by atoms with Crippen molar-refractivity contribution in [2.45, 2.75) is 25.8 Å². The normalized spacial score (nSPS) is 14.0. The van der Waals surface area contributed by atoms with Gasteiger partial charge in [-0.05, 0) is 38.4 Å². The molecule has 5 heteroatoms. The average molecular weight is 291 g/mol. The Morgan fingerprint density at radius 3 is 3.00 bits per heavy atom. The molecule has 0 radical (unpaired) electrons. The maximum Gasteiger partial charge on any atom is 0.261 e. The first-order chi connectivity index (χ1) is 9.61. The molecule has 0 unspecified atom stereocenters. The zero-order valence-corrected chi connectivity index (χ0v) is 12.8. The van der Waals surface area contributed by atoms with Gasteiger partial charge in [0.2, 0.25) is 0 Å². The molecule has 0 atom stereocenters. The number of aryl methyl sites for hydroxylation is 1. The van der Waals surface area contributed by atoms with Crippen LogP contribution in [0.5, 0.6) is 0 Å². The molecule has 0 bridgehead atoms. The van der Waals surface area contributed by atoms with Crippen LogP contribution >= 0.6 is 11.3 Å². The molecule has 1 heterocycles. The molecular weight excluding hydrogens is 270 g/mol. The summed E-state index contributed by atoms with van der Waals surface area (Å²) in [6.07, 6.45) is 2.58. The predicted octanol–water partition coefficient (Wildman–Crippen LogP) is 1.19. The molecule has 20 heavy (non-hydrogen) atoms. The van der Waals surface area contributed by atoms with Crippen molar-refractivity contribution in [2.75, 3.05) is 26.7 Å². The summed E-state index contributed by atoms with van der Waals surface area (Å²) >= 11 is 1.43. The molecule has 1 aliphatic carbocycles. The number of thiophene rings is 1. The van der Waals surface area contributed by atoms with E-state index in [1.807, 2.05) is 13.0 Å². The quantitative estimate of drug-likeness (QED) is 0.801. The molecule has 1 aromatic heterocycles. The summed E-state index contributed by atoms with van der Waals surface area (Å²) in [5.74, 6) is 5.81. The smallest absolute Gasteiger partial charge is 0.261 e. The van der Waals surface area contributed by atoms with Gasteiger partial charge in [-0.2, -0.15) is 0 Å². The molecule has 4 nitrogen and oxygen atoms in total. The first kappa shape index (κ1) is 15.0. The van der Waals surface area contributed by atoms with Gasteiger partial charge in [0, 0.05) is 19.1 Å². The third-order valence-corrected chi connectivity index (χ3v) is 4.52. The number of rotatable bonds is 5. The Bertz CT molecular complexity index is 537. The standard InChI is InChI=1S/C15H21N3OS/c1-11-10-14(20-13(11)4-3-7-16)15(19)17-8-9-18(2)12-5-6-12/h10,12H,5-9,16H2,1-2H3,(H,17,19). The number of carbonyl (C=O) groups is 1. The van der Waals surface area contributed by atoms with Gasteiger partial charge < -0.3 is 16.0 Å². The van der Waals surface area contributed by atoms with Crippen LogP contribution in [0.3, 0.4) is 0 Å². The molecule has 2 rings (SSSR count). The third kappa shape index (κ3) is 4.07. The largest absolute Gasteiger partial charge is 0.350 e. The van der Waals surface area contributed by atoms with E-state index in [1.165, 1.54) is 24.2 Å². The second kappa shape index (κ2) is 6.89. The first-order valence-corrected chi connectivity index (χ1v) is 7.71. The van der Waals surface area contributed by atoms with Crippen molar-refractivity contribution in [2.24, 2.45) is 5.73 Å².